The first-order valence-corrected chi connectivity index (χ1v) is 10.7. The first-order chi connectivity index (χ1) is 15.3. The summed E-state index contributed by atoms with van der Waals surface area (Å²) in [6, 6.07) is 8.51. The van der Waals surface area contributed by atoms with E-state index in [1.54, 1.807) is 42.1 Å². The van der Waals surface area contributed by atoms with Gasteiger partial charge < -0.3 is 9.72 Å². The number of H-pyrrole nitrogens is 1. The molecule has 1 radical (unpaired) electrons. The number of aromatic amines is 1. The zero-order chi connectivity index (χ0) is 24.1. The molecule has 4 aromatic rings. The first kappa shape index (κ1) is 26.8. The average Bonchev–Trinajstić information content (AvgIpc) is 3.25. The summed E-state index contributed by atoms with van der Waals surface area (Å²) in [5.41, 5.74) is 2.27. The van der Waals surface area contributed by atoms with Gasteiger partial charge in [0.05, 0.1) is 21.9 Å². The van der Waals surface area contributed by atoms with Crippen molar-refractivity contribution in [1.29, 1.82) is 0 Å². The topological polar surface area (TPSA) is 68.6 Å². The number of nitrogens with one attached hydrogen (secondary N) is 1. The molecule has 0 saturated carbocycles. The first-order valence-electron chi connectivity index (χ1n) is 9.93. The van der Waals surface area contributed by atoms with Crippen molar-refractivity contribution in [2.45, 2.75) is 32.4 Å². The Morgan fingerprint density at radius 1 is 1.09 bits per heavy atom. The summed E-state index contributed by atoms with van der Waals surface area (Å²) >= 11 is 12.9. The van der Waals surface area contributed by atoms with Crippen LogP contribution in [0.25, 0.3) is 33.8 Å². The Kier molecular flexibility index (Phi) is 7.65. The SMILES string of the molecule is Cn1nc(C(C)(C)C)c(Cl)c1-c1nc2cc(-c3ccccc3Cl)nc(OCC(F)(F)F)c2[nH]1.[Na]. The number of aromatic nitrogens is 5. The van der Waals surface area contributed by atoms with Crippen molar-refractivity contribution >= 4 is 63.8 Å². The number of fused-ring (bicyclic) bond motifs is 1. The van der Waals surface area contributed by atoms with E-state index >= 15 is 0 Å². The van der Waals surface area contributed by atoms with Gasteiger partial charge in [-0.15, -0.1) is 0 Å². The van der Waals surface area contributed by atoms with Crippen LogP contribution in [0.3, 0.4) is 0 Å². The van der Waals surface area contributed by atoms with Gasteiger partial charge in [-0.25, -0.2) is 9.97 Å². The molecule has 0 unspecified atom stereocenters. The predicted octanol–water partition coefficient (Wildman–Crippen LogP) is 6.19. The van der Waals surface area contributed by atoms with E-state index < -0.39 is 12.8 Å². The number of benzene rings is 1. The fourth-order valence-electron chi connectivity index (χ4n) is 3.39. The number of imidazole rings is 1. The van der Waals surface area contributed by atoms with Crippen LogP contribution in [0.2, 0.25) is 10.0 Å². The summed E-state index contributed by atoms with van der Waals surface area (Å²) in [5, 5.41) is 5.31. The zero-order valence-electron chi connectivity index (χ0n) is 19.2. The molecular formula is C22H20Cl2F3N5NaO. The Balaban J connectivity index is 0.00000324. The van der Waals surface area contributed by atoms with Crippen LogP contribution < -0.4 is 4.74 Å². The van der Waals surface area contributed by atoms with Gasteiger partial charge in [0.15, 0.2) is 12.4 Å². The maximum absolute atomic E-state index is 12.9. The number of ether oxygens (including phenoxy) is 1. The van der Waals surface area contributed by atoms with Gasteiger partial charge in [-0.3, -0.25) is 4.68 Å². The molecule has 0 fully saturated rings. The smallest absolute Gasteiger partial charge is 0.422 e. The molecule has 0 aliphatic rings. The van der Waals surface area contributed by atoms with Crippen molar-refractivity contribution in [3.8, 4) is 28.7 Å². The van der Waals surface area contributed by atoms with Crippen molar-refractivity contribution in [2.75, 3.05) is 6.61 Å². The minimum Gasteiger partial charge on any atom is -0.466 e. The van der Waals surface area contributed by atoms with Gasteiger partial charge in [0.1, 0.15) is 11.2 Å². The maximum atomic E-state index is 12.9. The third kappa shape index (κ3) is 5.39. The second-order valence-electron chi connectivity index (χ2n) is 8.56. The van der Waals surface area contributed by atoms with E-state index in [0.717, 1.165) is 0 Å². The summed E-state index contributed by atoms with van der Waals surface area (Å²) in [6.45, 7) is 4.43. The van der Waals surface area contributed by atoms with Crippen LogP contribution >= 0.6 is 23.2 Å². The van der Waals surface area contributed by atoms with E-state index in [1.807, 2.05) is 20.8 Å². The minimum absolute atomic E-state index is 0. The fraction of sp³-hybridized carbons (Fsp3) is 0.318. The van der Waals surface area contributed by atoms with E-state index in [9.17, 15) is 13.2 Å². The molecule has 12 heteroatoms. The number of hydrogen-bond acceptors (Lipinski definition) is 4. The van der Waals surface area contributed by atoms with E-state index in [-0.39, 0.29) is 46.4 Å². The van der Waals surface area contributed by atoms with Crippen molar-refractivity contribution < 1.29 is 17.9 Å². The molecule has 3 heterocycles. The van der Waals surface area contributed by atoms with E-state index in [4.69, 9.17) is 27.9 Å². The normalized spacial score (nSPS) is 12.1. The number of rotatable bonds is 4. The summed E-state index contributed by atoms with van der Waals surface area (Å²) in [5.74, 6) is 0.0864. The van der Waals surface area contributed by atoms with Crippen LogP contribution in [0.4, 0.5) is 13.2 Å². The van der Waals surface area contributed by atoms with Gasteiger partial charge in [0, 0.05) is 52.6 Å². The Bertz CT molecular complexity index is 1350. The van der Waals surface area contributed by atoms with Crippen LogP contribution in [-0.4, -0.2) is 67.1 Å². The fourth-order valence-corrected chi connectivity index (χ4v) is 4.16. The van der Waals surface area contributed by atoms with Gasteiger partial charge in [0.2, 0.25) is 5.88 Å². The van der Waals surface area contributed by atoms with Gasteiger partial charge in [-0.1, -0.05) is 62.2 Å². The van der Waals surface area contributed by atoms with E-state index in [1.165, 1.54) is 0 Å². The molecule has 0 spiro atoms. The molecule has 34 heavy (non-hydrogen) atoms. The van der Waals surface area contributed by atoms with Crippen LogP contribution in [0.15, 0.2) is 30.3 Å². The van der Waals surface area contributed by atoms with Crippen LogP contribution in [0.1, 0.15) is 26.5 Å². The Morgan fingerprint density at radius 3 is 2.35 bits per heavy atom. The monoisotopic (exact) mass is 520 g/mol. The summed E-state index contributed by atoms with van der Waals surface area (Å²) < 4.78 is 45.3. The third-order valence-corrected chi connectivity index (χ3v) is 5.58. The largest absolute Gasteiger partial charge is 0.466 e. The Morgan fingerprint density at radius 2 is 1.76 bits per heavy atom. The molecular weight excluding hydrogens is 501 g/mol. The second-order valence-corrected chi connectivity index (χ2v) is 9.35. The van der Waals surface area contributed by atoms with Gasteiger partial charge in [-0.2, -0.15) is 18.3 Å². The minimum atomic E-state index is -4.54. The molecule has 0 bridgehead atoms. The van der Waals surface area contributed by atoms with Crippen molar-refractivity contribution in [2.24, 2.45) is 7.05 Å². The number of aryl methyl sites for hydroxylation is 1. The quantitative estimate of drug-likeness (QED) is 0.326. The van der Waals surface area contributed by atoms with Crippen LogP contribution in [0, 0.1) is 0 Å². The molecule has 0 aliphatic heterocycles. The molecule has 4 rings (SSSR count). The number of nitrogens with zero attached hydrogens (tertiary/aromatic N) is 4. The maximum Gasteiger partial charge on any atom is 0.422 e. The molecule has 175 valence electrons. The number of hydrogen-bond donors (Lipinski definition) is 1. The molecule has 1 N–H and O–H groups in total. The van der Waals surface area contributed by atoms with Crippen molar-refractivity contribution in [3.05, 3.63) is 46.1 Å². The van der Waals surface area contributed by atoms with E-state index in [2.05, 4.69) is 20.1 Å². The Hall–Kier alpha value is -1.78. The van der Waals surface area contributed by atoms with Gasteiger partial charge >= 0.3 is 6.18 Å². The Labute approximate surface area is 226 Å². The van der Waals surface area contributed by atoms with Gasteiger partial charge in [0.25, 0.3) is 0 Å². The van der Waals surface area contributed by atoms with Crippen molar-refractivity contribution in [3.63, 3.8) is 0 Å². The van der Waals surface area contributed by atoms with Crippen LogP contribution in [0.5, 0.6) is 5.88 Å². The molecule has 0 amide bonds. The summed E-state index contributed by atoms with van der Waals surface area (Å²) in [4.78, 5) is 11.9. The molecule has 6 nitrogen and oxygen atoms in total. The second kappa shape index (κ2) is 9.70. The van der Waals surface area contributed by atoms with Gasteiger partial charge in [-0.05, 0) is 12.1 Å². The summed E-state index contributed by atoms with van der Waals surface area (Å²) in [6.07, 6.45) is -4.54. The predicted molar refractivity (Wildman–Crippen MR) is 128 cm³/mol. The zero-order valence-corrected chi connectivity index (χ0v) is 22.7. The van der Waals surface area contributed by atoms with Crippen molar-refractivity contribution in [1.82, 2.24) is 24.7 Å². The molecule has 0 aliphatic carbocycles. The van der Waals surface area contributed by atoms with Crippen LogP contribution in [-0.2, 0) is 12.5 Å². The standard InChI is InChI=1S/C22H20Cl2F3N5O.Na/c1-21(2,3)18-15(24)17(32(4)31-18)19-28-14-9-13(11-7-5-6-8-12(11)23)29-20(16(14)30-19)33-10-22(25,26)27;/h5-9H,10H2,1-4H3,(H,28,30);. The molecule has 1 aromatic carbocycles. The third-order valence-electron chi connectivity index (χ3n) is 4.89. The molecule has 0 saturated heterocycles. The molecule has 3 aromatic heterocycles. The summed E-state index contributed by atoms with van der Waals surface area (Å²) in [7, 11) is 1.72. The number of alkyl halides is 3. The average molecular weight is 521 g/mol. The number of pyridine rings is 1. The number of halogens is 5. The van der Waals surface area contributed by atoms with E-state index in [0.29, 0.717) is 44.0 Å². The molecule has 0 atom stereocenters.